The van der Waals surface area contributed by atoms with Crippen molar-refractivity contribution >= 4 is 54.3 Å². The summed E-state index contributed by atoms with van der Waals surface area (Å²) in [5.74, 6) is 0. The van der Waals surface area contributed by atoms with Crippen molar-refractivity contribution in [1.29, 1.82) is 0 Å². The molecule has 0 unspecified atom stereocenters. The highest BCUT2D eigenvalue weighted by Gasteiger charge is 2.21. The Balaban J connectivity index is 1.33. The van der Waals surface area contributed by atoms with Crippen LogP contribution in [0.25, 0.3) is 87.9 Å². The molecule has 0 radical (unpaired) electrons. The summed E-state index contributed by atoms with van der Waals surface area (Å²) in [7, 11) is 0. The minimum absolute atomic E-state index is 1.14. The van der Waals surface area contributed by atoms with Crippen LogP contribution in [-0.2, 0) is 0 Å². The molecular weight excluding hydrogens is 581 g/mol. The molecule has 0 fully saturated rings. The monoisotopic (exact) mass is 610 g/mol. The number of hydrogen-bond donors (Lipinski definition) is 0. The van der Waals surface area contributed by atoms with Gasteiger partial charge in [0.25, 0.3) is 0 Å². The second-order valence-corrected chi connectivity index (χ2v) is 12.6. The van der Waals surface area contributed by atoms with Crippen molar-refractivity contribution in [3.63, 3.8) is 0 Å². The van der Waals surface area contributed by atoms with Crippen LogP contribution in [0.15, 0.2) is 182 Å². The largest absolute Gasteiger partial charge is 0.314 e. The zero-order chi connectivity index (χ0) is 31.6. The highest BCUT2D eigenvalue weighted by Crippen LogP contribution is 2.43. The molecule has 0 aliphatic rings. The number of nitrogens with zero attached hydrogens (tertiary/aromatic N) is 2. The third-order valence-electron chi connectivity index (χ3n) is 9.88. The smallest absolute Gasteiger partial charge is 0.0788 e. The zero-order valence-corrected chi connectivity index (χ0v) is 26.2. The molecule has 2 heteroatoms. The van der Waals surface area contributed by atoms with Crippen LogP contribution in [-0.4, -0.2) is 9.13 Å². The third-order valence-corrected chi connectivity index (χ3v) is 9.88. The first-order valence-electron chi connectivity index (χ1n) is 16.5. The van der Waals surface area contributed by atoms with Gasteiger partial charge in [-0.2, -0.15) is 0 Å². The van der Waals surface area contributed by atoms with E-state index < -0.39 is 0 Å². The molecule has 2 heterocycles. The van der Waals surface area contributed by atoms with Gasteiger partial charge in [-0.15, -0.1) is 0 Å². The summed E-state index contributed by atoms with van der Waals surface area (Å²) in [6, 6.07) is 63.9. The number of hydrogen-bond acceptors (Lipinski definition) is 0. The van der Waals surface area contributed by atoms with Crippen molar-refractivity contribution in [2.24, 2.45) is 0 Å². The summed E-state index contributed by atoms with van der Waals surface area (Å²) >= 11 is 0. The van der Waals surface area contributed by atoms with Gasteiger partial charge in [0.05, 0.1) is 16.6 Å². The molecule has 8 aromatic carbocycles. The first kappa shape index (κ1) is 26.8. The van der Waals surface area contributed by atoms with Crippen LogP contribution in [0.4, 0.5) is 0 Å². The fourth-order valence-electron chi connectivity index (χ4n) is 7.80. The highest BCUT2D eigenvalue weighted by atomic mass is 15.0. The molecule has 2 nitrogen and oxygen atoms in total. The van der Waals surface area contributed by atoms with Gasteiger partial charge in [-0.25, -0.2) is 0 Å². The summed E-state index contributed by atoms with van der Waals surface area (Å²) in [5, 5.41) is 8.77. The minimum Gasteiger partial charge on any atom is -0.314 e. The Labute approximate surface area is 278 Å². The van der Waals surface area contributed by atoms with E-state index in [1.807, 2.05) is 0 Å². The maximum absolute atomic E-state index is 2.48. The van der Waals surface area contributed by atoms with E-state index in [1.165, 1.54) is 76.5 Å². The van der Waals surface area contributed by atoms with Gasteiger partial charge in [-0.05, 0) is 74.6 Å². The molecule has 0 saturated carbocycles. The first-order valence-corrected chi connectivity index (χ1v) is 16.5. The number of benzene rings is 8. The summed E-state index contributed by atoms with van der Waals surface area (Å²) in [6.07, 6.45) is 2.31. The lowest BCUT2D eigenvalue weighted by atomic mass is 9.92. The van der Waals surface area contributed by atoms with Gasteiger partial charge >= 0.3 is 0 Å². The van der Waals surface area contributed by atoms with Crippen LogP contribution in [0.3, 0.4) is 0 Å². The summed E-state index contributed by atoms with van der Waals surface area (Å²) in [6.45, 7) is 0. The van der Waals surface area contributed by atoms with Crippen LogP contribution in [0.5, 0.6) is 0 Å². The molecule has 0 aliphatic heterocycles. The van der Waals surface area contributed by atoms with Crippen LogP contribution < -0.4 is 0 Å². The molecule has 0 saturated heterocycles. The van der Waals surface area contributed by atoms with E-state index in [2.05, 4.69) is 191 Å². The molecule has 10 rings (SSSR count). The van der Waals surface area contributed by atoms with E-state index in [0.29, 0.717) is 0 Å². The van der Waals surface area contributed by atoms with Gasteiger partial charge in [-0.3, -0.25) is 0 Å². The molecule has 0 atom stereocenters. The lowest BCUT2D eigenvalue weighted by molar-refractivity contribution is 1.12. The Bertz CT molecular complexity index is 2770. The molecule has 0 amide bonds. The second-order valence-electron chi connectivity index (χ2n) is 12.6. The van der Waals surface area contributed by atoms with Gasteiger partial charge in [-0.1, -0.05) is 140 Å². The second kappa shape index (κ2) is 10.6. The standard InChI is InChI=1S/C46H30N2/c1-3-14-31(15-4-1)42-30-47(35-19-5-2-6-20-35)45-41(42)27-26-40-39-24-11-12-25-43(39)48(46(40)45)36-21-13-18-34(29-36)44-37-22-9-7-16-32(37)28-33-17-8-10-23-38(33)44/h1-30H. The predicted molar refractivity (Wildman–Crippen MR) is 203 cm³/mol. The van der Waals surface area contributed by atoms with Crippen LogP contribution in [0, 0.1) is 0 Å². The third kappa shape index (κ3) is 4.00. The fourth-order valence-corrected chi connectivity index (χ4v) is 7.80. The number of para-hydroxylation sites is 2. The molecule has 2 aromatic heterocycles. The van der Waals surface area contributed by atoms with Crippen LogP contribution >= 0.6 is 0 Å². The van der Waals surface area contributed by atoms with Crippen LogP contribution in [0.1, 0.15) is 0 Å². The number of rotatable bonds is 4. The van der Waals surface area contributed by atoms with Gasteiger partial charge in [0, 0.05) is 39.3 Å². The van der Waals surface area contributed by atoms with Gasteiger partial charge < -0.3 is 9.13 Å². The van der Waals surface area contributed by atoms with E-state index in [-0.39, 0.29) is 0 Å². The van der Waals surface area contributed by atoms with E-state index in [4.69, 9.17) is 0 Å². The van der Waals surface area contributed by atoms with E-state index in [9.17, 15) is 0 Å². The van der Waals surface area contributed by atoms with E-state index >= 15 is 0 Å². The van der Waals surface area contributed by atoms with E-state index in [0.717, 1.165) is 11.4 Å². The SMILES string of the molecule is c1ccc(-c2cn(-c3ccccc3)c3c2ccc2c4ccccc4n(-c4cccc(-c5c6ccccc6cc6ccccc56)c4)c23)cc1. The minimum atomic E-state index is 1.14. The Morgan fingerprint density at radius 1 is 0.354 bits per heavy atom. The highest BCUT2D eigenvalue weighted by molar-refractivity contribution is 6.20. The fraction of sp³-hybridized carbons (Fsp3) is 0. The zero-order valence-electron chi connectivity index (χ0n) is 26.2. The number of aromatic nitrogens is 2. The summed E-state index contributed by atoms with van der Waals surface area (Å²) < 4.78 is 4.87. The lowest BCUT2D eigenvalue weighted by Crippen LogP contribution is -1.98. The van der Waals surface area contributed by atoms with Crippen molar-refractivity contribution in [3.8, 4) is 33.6 Å². The van der Waals surface area contributed by atoms with Crippen molar-refractivity contribution < 1.29 is 0 Å². The van der Waals surface area contributed by atoms with Crippen molar-refractivity contribution in [2.75, 3.05) is 0 Å². The van der Waals surface area contributed by atoms with Crippen LogP contribution in [0.2, 0.25) is 0 Å². The Morgan fingerprint density at radius 2 is 0.938 bits per heavy atom. The molecule has 48 heavy (non-hydrogen) atoms. The van der Waals surface area contributed by atoms with Crippen molar-refractivity contribution in [3.05, 3.63) is 182 Å². The summed E-state index contributed by atoms with van der Waals surface area (Å²) in [5.41, 5.74) is 10.8. The topological polar surface area (TPSA) is 9.86 Å². The Hall–Kier alpha value is -6.38. The average Bonchev–Trinajstić information content (AvgIpc) is 3.71. The first-order chi connectivity index (χ1) is 23.8. The Morgan fingerprint density at radius 3 is 1.69 bits per heavy atom. The molecule has 224 valence electrons. The maximum Gasteiger partial charge on any atom is 0.0788 e. The molecule has 0 aliphatic carbocycles. The predicted octanol–water partition coefficient (Wildman–Crippen LogP) is 12.4. The Kier molecular flexibility index (Phi) is 5.91. The van der Waals surface area contributed by atoms with Crippen molar-refractivity contribution in [2.45, 2.75) is 0 Å². The lowest BCUT2D eigenvalue weighted by Gasteiger charge is -2.15. The number of fused-ring (bicyclic) bond motifs is 7. The molecule has 0 spiro atoms. The maximum atomic E-state index is 2.48. The quantitative estimate of drug-likeness (QED) is 0.175. The molecule has 0 N–H and O–H groups in total. The van der Waals surface area contributed by atoms with Gasteiger partial charge in [0.2, 0.25) is 0 Å². The van der Waals surface area contributed by atoms with Gasteiger partial charge in [0.15, 0.2) is 0 Å². The average molecular weight is 611 g/mol. The molecular formula is C46H30N2. The van der Waals surface area contributed by atoms with E-state index in [1.54, 1.807) is 0 Å². The summed E-state index contributed by atoms with van der Waals surface area (Å²) in [4.78, 5) is 0. The van der Waals surface area contributed by atoms with Gasteiger partial charge in [0.1, 0.15) is 0 Å². The molecule has 10 aromatic rings. The normalized spacial score (nSPS) is 11.8. The van der Waals surface area contributed by atoms with Crippen molar-refractivity contribution in [1.82, 2.24) is 9.13 Å². The molecule has 0 bridgehead atoms.